The van der Waals surface area contributed by atoms with Crippen molar-refractivity contribution in [3.8, 4) is 11.5 Å². The molecule has 0 aliphatic rings. The normalized spacial score (nSPS) is 10.6. The topological polar surface area (TPSA) is 72.0 Å². The Kier molecular flexibility index (Phi) is 7.29. The van der Waals surface area contributed by atoms with E-state index < -0.39 is 0 Å². The molecule has 0 aliphatic heterocycles. The third kappa shape index (κ3) is 5.67. The Hall–Kier alpha value is -2.73. The van der Waals surface area contributed by atoms with Crippen LogP contribution in [0.4, 0.5) is 5.69 Å². The number of nitrogens with zero attached hydrogens (tertiary/aromatic N) is 1. The molecule has 138 valence electrons. The molecule has 26 heavy (non-hydrogen) atoms. The highest BCUT2D eigenvalue weighted by Crippen LogP contribution is 2.27. The number of carbonyl (C=O) groups excluding carboxylic acids is 1. The molecule has 0 fully saturated rings. The van der Waals surface area contributed by atoms with Crippen molar-refractivity contribution in [2.75, 3.05) is 25.7 Å². The van der Waals surface area contributed by atoms with Gasteiger partial charge in [0.25, 0.3) is 5.91 Å². The average Bonchev–Trinajstić information content (AvgIpc) is 2.63. The number of ether oxygens (including phenoxy) is 2. The first-order valence-electron chi connectivity index (χ1n) is 8.16. The van der Waals surface area contributed by atoms with E-state index in [2.05, 4.69) is 15.8 Å². The smallest absolute Gasteiger partial charge is 0.257 e. The van der Waals surface area contributed by atoms with Crippen molar-refractivity contribution in [2.24, 2.45) is 5.10 Å². The number of amides is 1. The fourth-order valence-electron chi connectivity index (χ4n) is 2.12. The van der Waals surface area contributed by atoms with Gasteiger partial charge in [0, 0.05) is 11.6 Å². The second-order valence-corrected chi connectivity index (χ2v) is 5.89. The van der Waals surface area contributed by atoms with Crippen LogP contribution in [0.3, 0.4) is 0 Å². The zero-order valence-corrected chi connectivity index (χ0v) is 15.8. The molecular formula is C19H22ClN3O3. The maximum absolute atomic E-state index is 11.5. The van der Waals surface area contributed by atoms with Crippen LogP contribution in [-0.2, 0) is 4.79 Å². The average molecular weight is 376 g/mol. The number of anilines is 1. The molecular weight excluding hydrogens is 354 g/mol. The van der Waals surface area contributed by atoms with Crippen LogP contribution < -0.4 is 20.2 Å². The molecule has 7 heteroatoms. The van der Waals surface area contributed by atoms with Gasteiger partial charge in [0.05, 0.1) is 19.0 Å². The number of benzene rings is 2. The minimum Gasteiger partial charge on any atom is -0.493 e. The highest BCUT2D eigenvalue weighted by atomic mass is 35.5. The van der Waals surface area contributed by atoms with Gasteiger partial charge in [0.15, 0.2) is 18.1 Å². The lowest BCUT2D eigenvalue weighted by Gasteiger charge is -2.11. The van der Waals surface area contributed by atoms with E-state index in [-0.39, 0.29) is 12.5 Å². The number of hydrazone groups is 1. The number of methoxy groups -OCH3 is 1. The lowest BCUT2D eigenvalue weighted by atomic mass is 10.2. The molecule has 0 unspecified atom stereocenters. The fourth-order valence-corrected chi connectivity index (χ4v) is 2.30. The summed E-state index contributed by atoms with van der Waals surface area (Å²) in [5, 5.41) is 7.55. The van der Waals surface area contributed by atoms with Gasteiger partial charge >= 0.3 is 0 Å². The predicted octanol–water partition coefficient (Wildman–Crippen LogP) is 3.62. The van der Waals surface area contributed by atoms with Crippen LogP contribution in [0, 0.1) is 6.92 Å². The van der Waals surface area contributed by atoms with Crippen LogP contribution in [-0.4, -0.2) is 32.4 Å². The van der Waals surface area contributed by atoms with E-state index in [0.29, 0.717) is 23.1 Å². The zero-order chi connectivity index (χ0) is 18.9. The molecule has 2 N–H and O–H groups in total. The van der Waals surface area contributed by atoms with Crippen molar-refractivity contribution in [2.45, 2.75) is 13.8 Å². The molecule has 2 aromatic carbocycles. The molecule has 2 rings (SSSR count). The maximum atomic E-state index is 11.5. The lowest BCUT2D eigenvalue weighted by molar-refractivity contribution is -0.123. The van der Waals surface area contributed by atoms with Gasteiger partial charge in [-0.2, -0.15) is 5.10 Å². The van der Waals surface area contributed by atoms with Crippen LogP contribution in [0.2, 0.25) is 5.02 Å². The second-order valence-electron chi connectivity index (χ2n) is 5.49. The first kappa shape index (κ1) is 19.6. The van der Waals surface area contributed by atoms with E-state index in [1.165, 1.54) is 0 Å². The van der Waals surface area contributed by atoms with Crippen molar-refractivity contribution in [3.63, 3.8) is 0 Å². The van der Waals surface area contributed by atoms with E-state index >= 15 is 0 Å². The van der Waals surface area contributed by atoms with E-state index in [1.54, 1.807) is 25.5 Å². The SMILES string of the molecule is CCNC(=O)COc1ccc(/C=N/Nc2ccc(C)c(Cl)c2)cc1OC. The molecule has 0 atom stereocenters. The number of hydrogen-bond acceptors (Lipinski definition) is 5. The van der Waals surface area contributed by atoms with E-state index in [1.807, 2.05) is 38.1 Å². The van der Waals surface area contributed by atoms with E-state index in [9.17, 15) is 4.79 Å². The van der Waals surface area contributed by atoms with Crippen LogP contribution in [0.15, 0.2) is 41.5 Å². The molecule has 0 spiro atoms. The Balaban J connectivity index is 2.01. The van der Waals surface area contributed by atoms with Gasteiger partial charge in [0.1, 0.15) is 0 Å². The molecule has 0 saturated carbocycles. The minimum atomic E-state index is -0.179. The molecule has 0 aliphatic carbocycles. The standard InChI is InChI=1S/C19H22ClN3O3/c1-4-21-19(24)12-26-17-8-6-14(9-18(17)25-3)11-22-23-15-7-5-13(2)16(20)10-15/h5-11,23H,4,12H2,1-3H3,(H,21,24)/b22-11+. The molecule has 2 aromatic rings. The van der Waals surface area contributed by atoms with Gasteiger partial charge in [-0.05, 0) is 55.3 Å². The zero-order valence-electron chi connectivity index (χ0n) is 15.0. The summed E-state index contributed by atoms with van der Waals surface area (Å²) in [5.41, 5.74) is 5.55. The highest BCUT2D eigenvalue weighted by molar-refractivity contribution is 6.31. The Morgan fingerprint density at radius 2 is 2.04 bits per heavy atom. The number of aryl methyl sites for hydroxylation is 1. The van der Waals surface area contributed by atoms with Gasteiger partial charge in [-0.1, -0.05) is 17.7 Å². The molecule has 0 heterocycles. The molecule has 1 amide bonds. The maximum Gasteiger partial charge on any atom is 0.257 e. The largest absolute Gasteiger partial charge is 0.493 e. The van der Waals surface area contributed by atoms with Crippen molar-refractivity contribution in [3.05, 3.63) is 52.5 Å². The Labute approximate surface area is 158 Å². The van der Waals surface area contributed by atoms with Crippen molar-refractivity contribution >= 4 is 29.4 Å². The number of carbonyl (C=O) groups is 1. The van der Waals surface area contributed by atoms with Gasteiger partial charge in [-0.3, -0.25) is 10.2 Å². The summed E-state index contributed by atoms with van der Waals surface area (Å²) in [7, 11) is 1.54. The van der Waals surface area contributed by atoms with Gasteiger partial charge in [-0.15, -0.1) is 0 Å². The van der Waals surface area contributed by atoms with Crippen LogP contribution in [0.1, 0.15) is 18.1 Å². The highest BCUT2D eigenvalue weighted by Gasteiger charge is 2.07. The number of likely N-dealkylation sites (N-methyl/N-ethyl adjacent to an activating group) is 1. The van der Waals surface area contributed by atoms with Crippen molar-refractivity contribution in [1.82, 2.24) is 5.32 Å². The second kappa shape index (κ2) is 9.68. The predicted molar refractivity (Wildman–Crippen MR) is 105 cm³/mol. The first-order valence-corrected chi connectivity index (χ1v) is 8.54. The summed E-state index contributed by atoms with van der Waals surface area (Å²) < 4.78 is 10.8. The summed E-state index contributed by atoms with van der Waals surface area (Å²) >= 11 is 6.09. The first-order chi connectivity index (χ1) is 12.5. The summed E-state index contributed by atoms with van der Waals surface area (Å²) in [4.78, 5) is 11.5. The Morgan fingerprint density at radius 1 is 1.23 bits per heavy atom. The van der Waals surface area contributed by atoms with Crippen LogP contribution >= 0.6 is 11.6 Å². The summed E-state index contributed by atoms with van der Waals surface area (Å²) in [6.45, 7) is 4.30. The summed E-state index contributed by atoms with van der Waals surface area (Å²) in [5.74, 6) is 0.840. The Morgan fingerprint density at radius 3 is 2.73 bits per heavy atom. The molecule has 0 radical (unpaired) electrons. The van der Waals surface area contributed by atoms with Crippen LogP contribution in [0.25, 0.3) is 0 Å². The molecule has 0 aromatic heterocycles. The number of halogens is 1. The number of nitrogens with one attached hydrogen (secondary N) is 2. The van der Waals surface area contributed by atoms with Crippen molar-refractivity contribution < 1.29 is 14.3 Å². The quantitative estimate of drug-likeness (QED) is 0.546. The fraction of sp³-hybridized carbons (Fsp3) is 0.263. The third-order valence-corrected chi connectivity index (χ3v) is 3.91. The minimum absolute atomic E-state index is 0.0621. The van der Waals surface area contributed by atoms with Gasteiger partial charge in [0.2, 0.25) is 0 Å². The van der Waals surface area contributed by atoms with Gasteiger partial charge in [-0.25, -0.2) is 0 Å². The summed E-state index contributed by atoms with van der Waals surface area (Å²) in [6, 6.07) is 11.0. The number of hydrogen-bond donors (Lipinski definition) is 2. The van der Waals surface area contributed by atoms with E-state index in [0.717, 1.165) is 16.8 Å². The molecule has 0 bridgehead atoms. The molecule has 6 nitrogen and oxygen atoms in total. The third-order valence-electron chi connectivity index (χ3n) is 3.50. The molecule has 0 saturated heterocycles. The monoisotopic (exact) mass is 375 g/mol. The lowest BCUT2D eigenvalue weighted by Crippen LogP contribution is -2.28. The van der Waals surface area contributed by atoms with Gasteiger partial charge < -0.3 is 14.8 Å². The van der Waals surface area contributed by atoms with E-state index in [4.69, 9.17) is 21.1 Å². The number of rotatable bonds is 8. The summed E-state index contributed by atoms with van der Waals surface area (Å²) in [6.07, 6.45) is 1.66. The van der Waals surface area contributed by atoms with Crippen LogP contribution in [0.5, 0.6) is 11.5 Å². The Bertz CT molecular complexity index is 794. The van der Waals surface area contributed by atoms with Crippen molar-refractivity contribution in [1.29, 1.82) is 0 Å².